The zero-order chi connectivity index (χ0) is 9.14. The minimum Gasteiger partial charge on any atom is -0.508 e. The van der Waals surface area contributed by atoms with Crippen LogP contribution in [0.15, 0.2) is 6.07 Å². The highest BCUT2D eigenvalue weighted by atomic mass is 19.1. The molecule has 4 heteroatoms. The van der Waals surface area contributed by atoms with E-state index in [1.807, 2.05) is 0 Å². The highest BCUT2D eigenvalue weighted by molar-refractivity contribution is 5.47. The summed E-state index contributed by atoms with van der Waals surface area (Å²) in [5.74, 6) is -1.20. The first-order chi connectivity index (χ1) is 5.65. The van der Waals surface area contributed by atoms with Gasteiger partial charge < -0.3 is 15.3 Å². The number of hydrogen-bond donors (Lipinski definition) is 3. The molecule has 0 aliphatic rings. The van der Waals surface area contributed by atoms with Gasteiger partial charge in [0.1, 0.15) is 5.75 Å². The summed E-state index contributed by atoms with van der Waals surface area (Å²) in [6.45, 7) is -0.645. The van der Waals surface area contributed by atoms with Gasteiger partial charge in [0.2, 0.25) is 0 Å². The molecule has 1 aromatic rings. The predicted molar refractivity (Wildman–Crippen MR) is 40.0 cm³/mol. The lowest BCUT2D eigenvalue weighted by atomic mass is 10.1. The number of benzene rings is 1. The fraction of sp³-hybridized carbons (Fsp3) is 0.250. The van der Waals surface area contributed by atoms with Gasteiger partial charge in [0.15, 0.2) is 11.5 Å². The molecule has 65 valence electrons. The summed E-state index contributed by atoms with van der Waals surface area (Å²) in [5, 5.41) is 26.8. The molecule has 1 aromatic carbocycles. The minimum absolute atomic E-state index is 0.0281. The summed E-state index contributed by atoms with van der Waals surface area (Å²) in [6, 6.07) is 3.22. The predicted octanol–water partition coefficient (Wildman–Crippen LogP) is 1.12. The molecule has 0 aliphatic heterocycles. The summed E-state index contributed by atoms with van der Waals surface area (Å²) in [6.07, 6.45) is -0.0281. The van der Waals surface area contributed by atoms with Crippen molar-refractivity contribution in [2.24, 2.45) is 0 Å². The topological polar surface area (TPSA) is 60.7 Å². The van der Waals surface area contributed by atoms with Crippen LogP contribution in [0.5, 0.6) is 17.2 Å². The second-order valence-electron chi connectivity index (χ2n) is 2.31. The van der Waals surface area contributed by atoms with Gasteiger partial charge >= 0.3 is 0 Å². The van der Waals surface area contributed by atoms with Crippen LogP contribution >= 0.6 is 0 Å². The van der Waals surface area contributed by atoms with E-state index >= 15 is 0 Å². The molecule has 3 N–H and O–H groups in total. The molecular weight excluding hydrogens is 163 g/mol. The standard InChI is InChI=1S/C8H8FO3/c9-2-1-5-3-7(11)8(12)4-6(5)10/h4,10-12H,1-2H2. The lowest BCUT2D eigenvalue weighted by molar-refractivity contribution is 0.391. The number of halogens is 1. The summed E-state index contributed by atoms with van der Waals surface area (Å²) in [7, 11) is 0. The van der Waals surface area contributed by atoms with Crippen LogP contribution in [0.1, 0.15) is 5.56 Å². The number of alkyl halides is 1. The number of aromatic hydroxyl groups is 3. The van der Waals surface area contributed by atoms with E-state index in [0.717, 1.165) is 6.07 Å². The number of hydrogen-bond acceptors (Lipinski definition) is 3. The molecule has 0 saturated carbocycles. The number of phenolic OH excluding ortho intramolecular Hbond substituents is 3. The molecule has 0 fully saturated rings. The fourth-order valence-electron chi connectivity index (χ4n) is 0.841. The van der Waals surface area contributed by atoms with Crippen LogP contribution in [0.2, 0.25) is 0 Å². The molecule has 0 bridgehead atoms. The Balaban J connectivity index is 3.05. The van der Waals surface area contributed by atoms with Crippen molar-refractivity contribution in [3.05, 3.63) is 17.7 Å². The van der Waals surface area contributed by atoms with Crippen molar-refractivity contribution >= 4 is 0 Å². The third-order valence-electron chi connectivity index (χ3n) is 1.44. The Morgan fingerprint density at radius 3 is 2.50 bits per heavy atom. The third-order valence-corrected chi connectivity index (χ3v) is 1.44. The van der Waals surface area contributed by atoms with Gasteiger partial charge in [-0.25, -0.2) is 0 Å². The van der Waals surface area contributed by atoms with E-state index in [0.29, 0.717) is 0 Å². The highest BCUT2D eigenvalue weighted by Gasteiger charge is 2.07. The first kappa shape index (κ1) is 8.64. The van der Waals surface area contributed by atoms with Crippen molar-refractivity contribution in [3.8, 4) is 17.2 Å². The fourth-order valence-corrected chi connectivity index (χ4v) is 0.841. The van der Waals surface area contributed by atoms with Crippen LogP contribution in [0.3, 0.4) is 0 Å². The number of phenols is 3. The van der Waals surface area contributed by atoms with Crippen LogP contribution in [0, 0.1) is 6.07 Å². The van der Waals surface area contributed by atoms with Gasteiger partial charge in [-0.1, -0.05) is 0 Å². The van der Waals surface area contributed by atoms with Gasteiger partial charge in [-0.2, -0.15) is 0 Å². The summed E-state index contributed by atoms with van der Waals surface area (Å²) in [5.41, 5.74) is 0.160. The molecular formula is C8H8FO3. The second kappa shape index (κ2) is 3.30. The van der Waals surface area contributed by atoms with Gasteiger partial charge in [0.05, 0.1) is 6.67 Å². The maximum absolute atomic E-state index is 11.8. The van der Waals surface area contributed by atoms with Crippen molar-refractivity contribution in [3.63, 3.8) is 0 Å². The molecule has 0 spiro atoms. The van der Waals surface area contributed by atoms with Gasteiger partial charge in [-0.15, -0.1) is 0 Å². The van der Waals surface area contributed by atoms with Crippen molar-refractivity contribution < 1.29 is 19.7 Å². The molecule has 0 unspecified atom stereocenters. The van der Waals surface area contributed by atoms with Crippen LogP contribution in [0.4, 0.5) is 4.39 Å². The average molecular weight is 171 g/mol. The Hall–Kier alpha value is -1.45. The largest absolute Gasteiger partial charge is 0.508 e. The molecule has 1 radical (unpaired) electrons. The van der Waals surface area contributed by atoms with Crippen molar-refractivity contribution in [1.82, 2.24) is 0 Å². The van der Waals surface area contributed by atoms with Crippen molar-refractivity contribution in [2.45, 2.75) is 6.42 Å². The zero-order valence-electron chi connectivity index (χ0n) is 6.21. The summed E-state index contributed by atoms with van der Waals surface area (Å²) < 4.78 is 11.8. The maximum atomic E-state index is 11.8. The van der Waals surface area contributed by atoms with E-state index in [4.69, 9.17) is 15.3 Å². The average Bonchev–Trinajstić information content (AvgIpc) is 2.01. The Kier molecular flexibility index (Phi) is 2.38. The molecule has 12 heavy (non-hydrogen) atoms. The number of rotatable bonds is 2. The Labute approximate surface area is 68.7 Å². The summed E-state index contributed by atoms with van der Waals surface area (Å²) >= 11 is 0. The van der Waals surface area contributed by atoms with E-state index in [1.54, 1.807) is 0 Å². The van der Waals surface area contributed by atoms with E-state index in [-0.39, 0.29) is 17.7 Å². The van der Waals surface area contributed by atoms with E-state index in [2.05, 4.69) is 6.07 Å². The van der Waals surface area contributed by atoms with Crippen molar-refractivity contribution in [2.75, 3.05) is 6.67 Å². The van der Waals surface area contributed by atoms with E-state index < -0.39 is 18.2 Å². The Morgan fingerprint density at radius 1 is 1.25 bits per heavy atom. The normalized spacial score (nSPS) is 10.1. The third kappa shape index (κ3) is 1.58. The molecule has 1 rings (SSSR count). The molecule has 0 aromatic heterocycles. The van der Waals surface area contributed by atoms with Gasteiger partial charge in [0, 0.05) is 24.1 Å². The van der Waals surface area contributed by atoms with E-state index in [1.165, 1.54) is 0 Å². The first-order valence-electron chi connectivity index (χ1n) is 3.37. The molecule has 0 saturated heterocycles. The zero-order valence-corrected chi connectivity index (χ0v) is 6.21. The molecule has 0 heterocycles. The molecule has 0 aliphatic carbocycles. The van der Waals surface area contributed by atoms with Gasteiger partial charge in [-0.05, 0) is 0 Å². The lowest BCUT2D eigenvalue weighted by Gasteiger charge is -2.03. The maximum Gasteiger partial charge on any atom is 0.166 e. The quantitative estimate of drug-likeness (QED) is 0.461. The SMILES string of the molecule is Oc1[c]c(CCF)c(O)cc1O. The molecule has 3 nitrogen and oxygen atoms in total. The number of aryl methyl sites for hydroxylation is 1. The monoisotopic (exact) mass is 171 g/mol. The smallest absolute Gasteiger partial charge is 0.166 e. The summed E-state index contributed by atoms with van der Waals surface area (Å²) in [4.78, 5) is 0. The van der Waals surface area contributed by atoms with Crippen LogP contribution in [0.25, 0.3) is 0 Å². The first-order valence-corrected chi connectivity index (χ1v) is 3.37. The second-order valence-corrected chi connectivity index (χ2v) is 2.31. The Morgan fingerprint density at radius 2 is 1.92 bits per heavy atom. The van der Waals surface area contributed by atoms with Crippen molar-refractivity contribution in [1.29, 1.82) is 0 Å². The molecule has 0 atom stereocenters. The minimum atomic E-state index is -0.645. The lowest BCUT2D eigenvalue weighted by Crippen LogP contribution is -1.87. The van der Waals surface area contributed by atoms with Gasteiger partial charge in [-0.3, -0.25) is 4.39 Å². The van der Waals surface area contributed by atoms with Gasteiger partial charge in [0.25, 0.3) is 0 Å². The molecule has 0 amide bonds. The van der Waals surface area contributed by atoms with E-state index in [9.17, 15) is 4.39 Å². The van der Waals surface area contributed by atoms with Crippen LogP contribution in [-0.2, 0) is 6.42 Å². The van der Waals surface area contributed by atoms with Crippen LogP contribution in [-0.4, -0.2) is 22.0 Å². The highest BCUT2D eigenvalue weighted by Crippen LogP contribution is 2.31. The van der Waals surface area contributed by atoms with Crippen LogP contribution < -0.4 is 0 Å². The Bertz CT molecular complexity index is 286.